The number of benzene rings is 2. The topological polar surface area (TPSA) is 106 Å². The van der Waals surface area contributed by atoms with Gasteiger partial charge >= 0.3 is 0 Å². The van der Waals surface area contributed by atoms with E-state index in [9.17, 15) is 20.1 Å². The number of aromatic hydroxyl groups is 2. The van der Waals surface area contributed by atoms with Crippen LogP contribution in [0, 0.1) is 0 Å². The normalized spacial score (nSPS) is 13.0. The molecule has 0 spiro atoms. The van der Waals surface area contributed by atoms with Crippen LogP contribution in [0.4, 0.5) is 0 Å². The number of nitrogens with one attached hydrogen (secondary N) is 2. The lowest BCUT2D eigenvalue weighted by atomic mass is 9.94. The summed E-state index contributed by atoms with van der Waals surface area (Å²) >= 11 is 0. The van der Waals surface area contributed by atoms with E-state index in [1.807, 2.05) is 12.1 Å². The third-order valence-electron chi connectivity index (χ3n) is 5.01. The zero-order valence-corrected chi connectivity index (χ0v) is 16.1. The number of fused-ring (bicyclic) bond motifs is 1. The molecule has 0 fully saturated rings. The lowest BCUT2D eigenvalue weighted by Gasteiger charge is -2.28. The number of pyridine rings is 1. The third kappa shape index (κ3) is 4.71. The first-order valence-electron chi connectivity index (χ1n) is 9.31. The summed E-state index contributed by atoms with van der Waals surface area (Å²) in [5.41, 5.74) is 1.60. The molecule has 3 aromatic rings. The highest BCUT2D eigenvalue weighted by molar-refractivity contribution is 5.87. The lowest BCUT2D eigenvalue weighted by Crippen LogP contribution is -2.42. The van der Waals surface area contributed by atoms with Crippen molar-refractivity contribution in [3.63, 3.8) is 0 Å². The number of hydrogen-bond acceptors (Lipinski definition) is 5. The Balaban J connectivity index is 1.66. The molecule has 0 aliphatic carbocycles. The Kier molecular flexibility index (Phi) is 5.72. The van der Waals surface area contributed by atoms with E-state index in [1.54, 1.807) is 24.3 Å². The Morgan fingerprint density at radius 1 is 1.04 bits per heavy atom. The summed E-state index contributed by atoms with van der Waals surface area (Å²) < 4.78 is 0. The van der Waals surface area contributed by atoms with E-state index >= 15 is 0 Å². The summed E-state index contributed by atoms with van der Waals surface area (Å²) in [6.45, 7) is 4.49. The molecule has 3 rings (SSSR count). The van der Waals surface area contributed by atoms with Crippen molar-refractivity contribution >= 4 is 10.9 Å². The fourth-order valence-corrected chi connectivity index (χ4v) is 3.24. The van der Waals surface area contributed by atoms with Gasteiger partial charge in [-0.15, -0.1) is 0 Å². The van der Waals surface area contributed by atoms with Crippen LogP contribution in [0.2, 0.25) is 0 Å². The number of hydrogen-bond donors (Lipinski definition) is 5. The van der Waals surface area contributed by atoms with Crippen molar-refractivity contribution in [3.05, 3.63) is 70.0 Å². The van der Waals surface area contributed by atoms with Crippen LogP contribution in [-0.4, -0.2) is 32.4 Å². The predicted octanol–water partition coefficient (Wildman–Crippen LogP) is 2.97. The molecule has 6 nitrogen and oxygen atoms in total. The first-order valence-corrected chi connectivity index (χ1v) is 9.31. The molecule has 1 unspecified atom stereocenters. The molecule has 0 saturated carbocycles. The highest BCUT2D eigenvalue weighted by atomic mass is 16.3. The first-order chi connectivity index (χ1) is 13.2. The van der Waals surface area contributed by atoms with Crippen LogP contribution in [0.1, 0.15) is 37.5 Å². The van der Waals surface area contributed by atoms with Crippen LogP contribution in [-0.2, 0) is 6.42 Å². The fourth-order valence-electron chi connectivity index (χ4n) is 3.24. The summed E-state index contributed by atoms with van der Waals surface area (Å²) in [6, 6.07) is 13.3. The van der Waals surface area contributed by atoms with Gasteiger partial charge < -0.3 is 25.6 Å². The van der Waals surface area contributed by atoms with Crippen LogP contribution in [0.3, 0.4) is 0 Å². The Bertz CT molecular complexity index is 1010. The van der Waals surface area contributed by atoms with Crippen molar-refractivity contribution < 1.29 is 15.3 Å². The molecule has 0 saturated heterocycles. The number of rotatable bonds is 7. The molecule has 0 aliphatic rings. The number of aliphatic hydroxyl groups excluding tert-OH is 1. The molecule has 0 bridgehead atoms. The van der Waals surface area contributed by atoms with Gasteiger partial charge in [0.1, 0.15) is 11.5 Å². The molecule has 6 heteroatoms. The van der Waals surface area contributed by atoms with Crippen molar-refractivity contribution in [2.45, 2.75) is 38.3 Å². The van der Waals surface area contributed by atoms with Crippen LogP contribution >= 0.6 is 0 Å². The van der Waals surface area contributed by atoms with E-state index in [-0.39, 0.29) is 22.6 Å². The largest absolute Gasteiger partial charge is 0.508 e. The van der Waals surface area contributed by atoms with Crippen molar-refractivity contribution in [2.75, 3.05) is 6.54 Å². The number of aromatic nitrogens is 1. The third-order valence-corrected chi connectivity index (χ3v) is 5.01. The molecule has 2 aromatic carbocycles. The predicted molar refractivity (Wildman–Crippen MR) is 110 cm³/mol. The molecule has 5 N–H and O–H groups in total. The minimum atomic E-state index is -0.790. The van der Waals surface area contributed by atoms with Crippen molar-refractivity contribution in [2.24, 2.45) is 0 Å². The molecule has 0 aliphatic heterocycles. The van der Waals surface area contributed by atoms with Gasteiger partial charge in [0.25, 0.3) is 0 Å². The summed E-state index contributed by atoms with van der Waals surface area (Å²) in [6.07, 6.45) is 0.912. The number of phenols is 2. The maximum Gasteiger partial charge on any atom is 0.248 e. The van der Waals surface area contributed by atoms with Crippen LogP contribution in [0.15, 0.2) is 53.3 Å². The molecule has 1 aromatic heterocycles. The highest BCUT2D eigenvalue weighted by Crippen LogP contribution is 2.29. The maximum atomic E-state index is 11.5. The van der Waals surface area contributed by atoms with Crippen molar-refractivity contribution in [1.29, 1.82) is 0 Å². The monoisotopic (exact) mass is 382 g/mol. The van der Waals surface area contributed by atoms with E-state index in [0.717, 1.165) is 18.4 Å². The average molecular weight is 382 g/mol. The summed E-state index contributed by atoms with van der Waals surface area (Å²) in [4.78, 5) is 14.1. The number of β-amino-alcohol motifs (C(OH)–C–C–N with tert-alkyl or cyclic N) is 1. The molecule has 28 heavy (non-hydrogen) atoms. The smallest absolute Gasteiger partial charge is 0.248 e. The van der Waals surface area contributed by atoms with Crippen LogP contribution in [0.25, 0.3) is 10.9 Å². The molecule has 1 atom stereocenters. The van der Waals surface area contributed by atoms with Gasteiger partial charge in [0.2, 0.25) is 5.56 Å². The average Bonchev–Trinajstić information content (AvgIpc) is 2.66. The van der Waals surface area contributed by atoms with E-state index in [1.165, 1.54) is 12.1 Å². The number of aliphatic hydroxyl groups is 1. The second-order valence-electron chi connectivity index (χ2n) is 7.73. The Morgan fingerprint density at radius 3 is 2.46 bits per heavy atom. The summed E-state index contributed by atoms with van der Waals surface area (Å²) in [5, 5.41) is 34.1. The molecule has 148 valence electrons. The zero-order chi connectivity index (χ0) is 20.3. The number of aromatic amines is 1. The first kappa shape index (κ1) is 19.9. The quantitative estimate of drug-likeness (QED) is 0.432. The zero-order valence-electron chi connectivity index (χ0n) is 16.1. The molecular weight excluding hydrogens is 356 g/mol. The Hall–Kier alpha value is -2.83. The SMILES string of the molecule is CC(C)(CCc1ccc(O)cc1)NCC(O)c1ccc(O)c2[nH]c(=O)ccc12. The summed E-state index contributed by atoms with van der Waals surface area (Å²) in [7, 11) is 0. The Labute approximate surface area is 163 Å². The van der Waals surface area contributed by atoms with E-state index < -0.39 is 6.10 Å². The standard InChI is InChI=1S/C22H26N2O4/c1-22(2,12-11-14-3-5-15(25)6-4-14)23-13-19(27)16-7-9-18(26)21-17(16)8-10-20(28)24-21/h3-10,19,23,25-27H,11-13H2,1-2H3,(H,24,28). The van der Waals surface area contributed by atoms with Gasteiger partial charge in [-0.05, 0) is 62.1 Å². The van der Waals surface area contributed by atoms with Crippen LogP contribution < -0.4 is 10.9 Å². The van der Waals surface area contributed by atoms with Gasteiger partial charge in [-0.2, -0.15) is 0 Å². The van der Waals surface area contributed by atoms with Crippen molar-refractivity contribution in [1.82, 2.24) is 10.3 Å². The second-order valence-corrected chi connectivity index (χ2v) is 7.73. The van der Waals surface area contributed by atoms with Gasteiger partial charge in [0.05, 0.1) is 11.6 Å². The van der Waals surface area contributed by atoms with Crippen LogP contribution in [0.5, 0.6) is 11.5 Å². The van der Waals surface area contributed by atoms with E-state index in [4.69, 9.17) is 0 Å². The molecule has 0 amide bonds. The van der Waals surface area contributed by atoms with Gasteiger partial charge in [0, 0.05) is 23.5 Å². The minimum Gasteiger partial charge on any atom is -0.508 e. The maximum absolute atomic E-state index is 11.5. The molecule has 0 radical (unpaired) electrons. The van der Waals surface area contributed by atoms with Gasteiger partial charge in [-0.25, -0.2) is 0 Å². The van der Waals surface area contributed by atoms with E-state index in [2.05, 4.69) is 24.1 Å². The molecule has 1 heterocycles. The minimum absolute atomic E-state index is 0.0224. The molecular formula is C22H26N2O4. The second kappa shape index (κ2) is 8.04. The van der Waals surface area contributed by atoms with Gasteiger partial charge in [-0.1, -0.05) is 18.2 Å². The highest BCUT2D eigenvalue weighted by Gasteiger charge is 2.20. The number of aryl methyl sites for hydroxylation is 1. The van der Waals surface area contributed by atoms with E-state index in [0.29, 0.717) is 23.0 Å². The van der Waals surface area contributed by atoms with Gasteiger partial charge in [-0.3, -0.25) is 4.79 Å². The summed E-state index contributed by atoms with van der Waals surface area (Å²) in [5.74, 6) is 0.234. The Morgan fingerprint density at radius 2 is 1.75 bits per heavy atom. The lowest BCUT2D eigenvalue weighted by molar-refractivity contribution is 0.160. The van der Waals surface area contributed by atoms with Gasteiger partial charge in [0.15, 0.2) is 0 Å². The van der Waals surface area contributed by atoms with Crippen molar-refractivity contribution in [3.8, 4) is 11.5 Å². The number of H-pyrrole nitrogens is 1. The fraction of sp³-hybridized carbons (Fsp3) is 0.318. The number of phenolic OH excluding ortho intramolecular Hbond substituents is 2.